The van der Waals surface area contributed by atoms with Gasteiger partial charge in [-0.05, 0) is 37.0 Å². The van der Waals surface area contributed by atoms with Crippen LogP contribution < -0.4 is 10.9 Å². The summed E-state index contributed by atoms with van der Waals surface area (Å²) in [6, 6.07) is 14.9. The maximum absolute atomic E-state index is 13.0. The highest BCUT2D eigenvalue weighted by Gasteiger charge is 2.18. The van der Waals surface area contributed by atoms with E-state index in [1.807, 2.05) is 37.3 Å². The van der Waals surface area contributed by atoms with Crippen molar-refractivity contribution in [2.24, 2.45) is 0 Å². The van der Waals surface area contributed by atoms with Crippen molar-refractivity contribution in [3.8, 4) is 0 Å². The topological polar surface area (TPSA) is 64.0 Å². The van der Waals surface area contributed by atoms with Crippen LogP contribution in [-0.2, 0) is 6.54 Å². The SMILES string of the molecule is CCC(C)c1ccccc1NC(=O)c1nn(CC)c(=O)c2ccccc12. The number of rotatable bonds is 5. The first-order chi connectivity index (χ1) is 12.6. The summed E-state index contributed by atoms with van der Waals surface area (Å²) in [7, 11) is 0. The first-order valence-corrected chi connectivity index (χ1v) is 8.96. The van der Waals surface area contributed by atoms with Gasteiger partial charge in [-0.15, -0.1) is 0 Å². The number of carbonyl (C=O) groups excluding carboxylic acids is 1. The second-order valence-electron chi connectivity index (χ2n) is 6.37. The number of aryl methyl sites for hydroxylation is 1. The van der Waals surface area contributed by atoms with Crippen molar-refractivity contribution in [2.45, 2.75) is 39.7 Å². The number of hydrogen-bond acceptors (Lipinski definition) is 3. The third kappa shape index (κ3) is 3.25. The van der Waals surface area contributed by atoms with Gasteiger partial charge in [-0.1, -0.05) is 50.2 Å². The van der Waals surface area contributed by atoms with Gasteiger partial charge in [-0.25, -0.2) is 4.68 Å². The van der Waals surface area contributed by atoms with E-state index in [0.29, 0.717) is 23.2 Å². The van der Waals surface area contributed by atoms with Gasteiger partial charge < -0.3 is 5.32 Å². The minimum Gasteiger partial charge on any atom is -0.320 e. The van der Waals surface area contributed by atoms with Crippen LogP contribution in [0.5, 0.6) is 0 Å². The Morgan fingerprint density at radius 2 is 1.73 bits per heavy atom. The van der Waals surface area contributed by atoms with E-state index in [9.17, 15) is 9.59 Å². The Kier molecular flexibility index (Phi) is 5.16. The molecule has 3 rings (SSSR count). The standard InChI is InChI=1S/C21H23N3O2/c1-4-14(3)15-10-8-9-13-18(15)22-20(25)19-16-11-6-7-12-17(16)21(26)24(5-2)23-19/h6-14H,4-5H2,1-3H3,(H,22,25). The lowest BCUT2D eigenvalue weighted by molar-refractivity contribution is 0.102. The van der Waals surface area contributed by atoms with Crippen LogP contribution in [0.15, 0.2) is 53.3 Å². The summed E-state index contributed by atoms with van der Waals surface area (Å²) >= 11 is 0. The first-order valence-electron chi connectivity index (χ1n) is 8.96. The Labute approximate surface area is 152 Å². The number of hydrogen-bond donors (Lipinski definition) is 1. The summed E-state index contributed by atoms with van der Waals surface area (Å²) in [4.78, 5) is 25.4. The molecule has 0 aliphatic rings. The van der Waals surface area contributed by atoms with Gasteiger partial charge in [0.25, 0.3) is 11.5 Å². The van der Waals surface area contributed by atoms with E-state index in [-0.39, 0.29) is 17.2 Å². The van der Waals surface area contributed by atoms with Crippen LogP contribution in [0.25, 0.3) is 10.8 Å². The molecule has 5 nitrogen and oxygen atoms in total. The number of nitrogens with one attached hydrogen (secondary N) is 1. The number of fused-ring (bicyclic) bond motifs is 1. The molecule has 2 aromatic carbocycles. The zero-order chi connectivity index (χ0) is 18.7. The van der Waals surface area contributed by atoms with Crippen molar-refractivity contribution >= 4 is 22.4 Å². The van der Waals surface area contributed by atoms with E-state index in [4.69, 9.17) is 0 Å². The van der Waals surface area contributed by atoms with Crippen molar-refractivity contribution in [3.05, 3.63) is 70.1 Å². The van der Waals surface area contributed by atoms with Crippen molar-refractivity contribution in [3.63, 3.8) is 0 Å². The Hall–Kier alpha value is -2.95. The third-order valence-corrected chi connectivity index (χ3v) is 4.73. The Morgan fingerprint density at radius 3 is 2.42 bits per heavy atom. The number of carbonyl (C=O) groups is 1. The van der Waals surface area contributed by atoms with Crippen molar-refractivity contribution in [2.75, 3.05) is 5.32 Å². The molecular formula is C21H23N3O2. The second kappa shape index (κ2) is 7.52. The average molecular weight is 349 g/mol. The van der Waals surface area contributed by atoms with Crippen LogP contribution in [0.3, 0.4) is 0 Å². The lowest BCUT2D eigenvalue weighted by Gasteiger charge is -2.16. The van der Waals surface area contributed by atoms with E-state index in [1.54, 1.807) is 18.2 Å². The van der Waals surface area contributed by atoms with E-state index < -0.39 is 0 Å². The van der Waals surface area contributed by atoms with Crippen LogP contribution in [0.2, 0.25) is 0 Å². The molecule has 134 valence electrons. The van der Waals surface area contributed by atoms with Gasteiger partial charge in [-0.3, -0.25) is 9.59 Å². The summed E-state index contributed by atoms with van der Waals surface area (Å²) in [6.07, 6.45) is 0.981. The maximum atomic E-state index is 13.0. The number of benzene rings is 2. The highest BCUT2D eigenvalue weighted by Crippen LogP contribution is 2.27. The molecule has 0 saturated carbocycles. The van der Waals surface area contributed by atoms with Gasteiger partial charge in [0.15, 0.2) is 5.69 Å². The van der Waals surface area contributed by atoms with E-state index in [2.05, 4.69) is 24.3 Å². The smallest absolute Gasteiger partial charge is 0.276 e. The van der Waals surface area contributed by atoms with Gasteiger partial charge in [0, 0.05) is 17.6 Å². The molecule has 1 aromatic heterocycles. The summed E-state index contributed by atoms with van der Waals surface area (Å²) in [5, 5.41) is 8.36. The number of aromatic nitrogens is 2. The molecule has 1 amide bonds. The number of para-hydroxylation sites is 1. The normalized spacial score (nSPS) is 12.1. The molecule has 0 saturated heterocycles. The molecule has 3 aromatic rings. The quantitative estimate of drug-likeness (QED) is 0.751. The summed E-state index contributed by atoms with van der Waals surface area (Å²) in [5.74, 6) is 0.0277. The van der Waals surface area contributed by atoms with Crippen LogP contribution in [0, 0.1) is 0 Å². The fourth-order valence-corrected chi connectivity index (χ4v) is 3.06. The van der Waals surface area contributed by atoms with Crippen LogP contribution >= 0.6 is 0 Å². The predicted octanol–water partition coefficient (Wildman–Crippen LogP) is 4.18. The summed E-state index contributed by atoms with van der Waals surface area (Å²) < 4.78 is 1.33. The largest absolute Gasteiger partial charge is 0.320 e. The molecule has 0 radical (unpaired) electrons. The molecule has 0 fully saturated rings. The molecule has 0 bridgehead atoms. The van der Waals surface area contributed by atoms with Gasteiger partial charge in [-0.2, -0.15) is 5.10 Å². The third-order valence-electron chi connectivity index (χ3n) is 4.73. The van der Waals surface area contributed by atoms with Crippen LogP contribution in [-0.4, -0.2) is 15.7 Å². The molecule has 26 heavy (non-hydrogen) atoms. The fraction of sp³-hybridized carbons (Fsp3) is 0.286. The monoisotopic (exact) mass is 349 g/mol. The Morgan fingerprint density at radius 1 is 1.08 bits per heavy atom. The highest BCUT2D eigenvalue weighted by atomic mass is 16.2. The lowest BCUT2D eigenvalue weighted by atomic mass is 9.97. The summed E-state index contributed by atoms with van der Waals surface area (Å²) in [6.45, 7) is 6.50. The van der Waals surface area contributed by atoms with Crippen LogP contribution in [0.1, 0.15) is 49.2 Å². The number of nitrogens with zero attached hydrogens (tertiary/aromatic N) is 2. The maximum Gasteiger partial charge on any atom is 0.276 e. The Balaban J connectivity index is 2.07. The van der Waals surface area contributed by atoms with Crippen LogP contribution in [0.4, 0.5) is 5.69 Å². The molecule has 1 unspecified atom stereocenters. The second-order valence-corrected chi connectivity index (χ2v) is 6.37. The van der Waals surface area contributed by atoms with Gasteiger partial charge in [0.1, 0.15) is 0 Å². The summed E-state index contributed by atoms with van der Waals surface area (Å²) in [5.41, 5.74) is 1.96. The zero-order valence-corrected chi connectivity index (χ0v) is 15.3. The van der Waals surface area contributed by atoms with Gasteiger partial charge in [0.2, 0.25) is 0 Å². The molecule has 0 aliphatic heterocycles. The van der Waals surface area contributed by atoms with Gasteiger partial charge >= 0.3 is 0 Å². The molecular weight excluding hydrogens is 326 g/mol. The molecule has 0 spiro atoms. The molecule has 5 heteroatoms. The highest BCUT2D eigenvalue weighted by molar-refractivity contribution is 6.11. The van der Waals surface area contributed by atoms with E-state index in [1.165, 1.54) is 4.68 Å². The van der Waals surface area contributed by atoms with E-state index >= 15 is 0 Å². The minimum atomic E-state index is -0.306. The average Bonchev–Trinajstić information content (AvgIpc) is 2.68. The minimum absolute atomic E-state index is 0.181. The molecule has 1 heterocycles. The molecule has 0 aliphatic carbocycles. The zero-order valence-electron chi connectivity index (χ0n) is 15.3. The van der Waals surface area contributed by atoms with Crippen molar-refractivity contribution in [1.82, 2.24) is 9.78 Å². The lowest BCUT2D eigenvalue weighted by Crippen LogP contribution is -2.27. The first kappa shape index (κ1) is 17.9. The number of amides is 1. The predicted molar refractivity (Wildman–Crippen MR) is 105 cm³/mol. The molecule has 1 atom stereocenters. The molecule has 1 N–H and O–H groups in total. The number of anilines is 1. The van der Waals surface area contributed by atoms with Crippen molar-refractivity contribution in [1.29, 1.82) is 0 Å². The van der Waals surface area contributed by atoms with Crippen molar-refractivity contribution < 1.29 is 4.79 Å². The van der Waals surface area contributed by atoms with E-state index in [0.717, 1.165) is 17.7 Å². The Bertz CT molecular complexity index is 1010. The van der Waals surface area contributed by atoms with Gasteiger partial charge in [0.05, 0.1) is 5.39 Å². The fourth-order valence-electron chi connectivity index (χ4n) is 3.06.